The molecule has 96 valence electrons. The van der Waals surface area contributed by atoms with Gasteiger partial charge in [0, 0.05) is 6.61 Å². The number of nitrogens with two attached hydrogens (primary N) is 1. The van der Waals surface area contributed by atoms with Crippen molar-refractivity contribution < 1.29 is 13.9 Å². The lowest BCUT2D eigenvalue weighted by molar-refractivity contribution is 0.0317. The summed E-state index contributed by atoms with van der Waals surface area (Å²) in [5, 5.41) is 0. The molecule has 3 nitrogen and oxygen atoms in total. The largest absolute Gasteiger partial charge is 0.379 e. The molecule has 0 radical (unpaired) electrons. The zero-order valence-corrected chi connectivity index (χ0v) is 10.1. The third-order valence-corrected chi connectivity index (χ3v) is 2.73. The predicted molar refractivity (Wildman–Crippen MR) is 66.3 cm³/mol. The van der Waals surface area contributed by atoms with Gasteiger partial charge in [0.05, 0.1) is 31.4 Å². The van der Waals surface area contributed by atoms with Crippen molar-refractivity contribution in [3.8, 4) is 11.8 Å². The summed E-state index contributed by atoms with van der Waals surface area (Å²) in [4.78, 5) is 0. The van der Waals surface area contributed by atoms with Gasteiger partial charge in [-0.15, -0.1) is 0 Å². The first-order valence-corrected chi connectivity index (χ1v) is 5.96. The zero-order valence-electron chi connectivity index (χ0n) is 10.1. The van der Waals surface area contributed by atoms with Crippen molar-refractivity contribution in [2.45, 2.75) is 19.1 Å². The Balaban J connectivity index is 1.99. The summed E-state index contributed by atoms with van der Waals surface area (Å²) in [5.74, 6) is 5.03. The van der Waals surface area contributed by atoms with Crippen molar-refractivity contribution in [3.05, 3.63) is 35.1 Å². The first kappa shape index (κ1) is 13.0. The Bertz CT molecular complexity index is 459. The molecule has 0 aromatic heterocycles. The fraction of sp³-hybridized carbons (Fsp3) is 0.429. The van der Waals surface area contributed by atoms with E-state index in [1.807, 2.05) is 0 Å². The normalized spacial score (nSPS) is 18.4. The van der Waals surface area contributed by atoms with E-state index in [0.29, 0.717) is 18.8 Å². The molecule has 1 aromatic rings. The van der Waals surface area contributed by atoms with Crippen LogP contribution in [0.4, 0.5) is 4.39 Å². The van der Waals surface area contributed by atoms with E-state index in [1.54, 1.807) is 12.1 Å². The Kier molecular flexibility index (Phi) is 4.71. The summed E-state index contributed by atoms with van der Waals surface area (Å²) in [6, 6.07) is 4.82. The smallest absolute Gasteiger partial charge is 0.138 e. The lowest BCUT2D eigenvalue weighted by Gasteiger charge is -2.10. The summed E-state index contributed by atoms with van der Waals surface area (Å²) in [7, 11) is 0. The van der Waals surface area contributed by atoms with E-state index in [-0.39, 0.29) is 18.5 Å². The van der Waals surface area contributed by atoms with E-state index in [4.69, 9.17) is 15.2 Å². The molecule has 1 aliphatic rings. The number of benzene rings is 1. The number of hydrogen-bond donors (Lipinski definition) is 1. The highest BCUT2D eigenvalue weighted by Crippen LogP contribution is 2.14. The Morgan fingerprint density at radius 2 is 2.39 bits per heavy atom. The maximum Gasteiger partial charge on any atom is 0.138 e. The second kappa shape index (κ2) is 6.50. The van der Waals surface area contributed by atoms with Crippen molar-refractivity contribution in [1.82, 2.24) is 0 Å². The van der Waals surface area contributed by atoms with Gasteiger partial charge in [0.1, 0.15) is 5.82 Å². The summed E-state index contributed by atoms with van der Waals surface area (Å²) in [5.41, 5.74) is 6.54. The second-order valence-electron chi connectivity index (χ2n) is 4.12. The van der Waals surface area contributed by atoms with Crippen molar-refractivity contribution in [2.75, 3.05) is 19.8 Å². The standard InChI is InChI=1S/C14H16FNO2/c15-14-4-3-11(8-12(14)2-1-6-16)9-18-13-5-7-17-10-13/h3-4,8,13H,5-7,9-10,16H2. The third-order valence-electron chi connectivity index (χ3n) is 2.73. The minimum absolute atomic E-state index is 0.147. The van der Waals surface area contributed by atoms with Gasteiger partial charge >= 0.3 is 0 Å². The average molecular weight is 249 g/mol. The first-order valence-electron chi connectivity index (χ1n) is 5.96. The van der Waals surface area contributed by atoms with Crippen LogP contribution in [0.5, 0.6) is 0 Å². The summed E-state index contributed by atoms with van der Waals surface area (Å²) in [6.07, 6.45) is 1.06. The Labute approximate surface area is 106 Å². The van der Waals surface area contributed by atoms with Gasteiger partial charge in [-0.3, -0.25) is 0 Å². The van der Waals surface area contributed by atoms with Crippen molar-refractivity contribution >= 4 is 0 Å². The van der Waals surface area contributed by atoms with E-state index >= 15 is 0 Å². The Hall–Kier alpha value is -1.41. The van der Waals surface area contributed by atoms with Crippen LogP contribution < -0.4 is 5.73 Å². The van der Waals surface area contributed by atoms with Gasteiger partial charge in [-0.25, -0.2) is 4.39 Å². The molecular formula is C14H16FNO2. The number of halogens is 1. The van der Waals surface area contributed by atoms with E-state index in [2.05, 4.69) is 11.8 Å². The van der Waals surface area contributed by atoms with Gasteiger partial charge in [-0.2, -0.15) is 0 Å². The lowest BCUT2D eigenvalue weighted by atomic mass is 10.1. The van der Waals surface area contributed by atoms with Gasteiger partial charge in [-0.05, 0) is 24.1 Å². The van der Waals surface area contributed by atoms with Crippen LogP contribution in [0.1, 0.15) is 17.5 Å². The van der Waals surface area contributed by atoms with Gasteiger partial charge in [-0.1, -0.05) is 17.9 Å². The molecule has 2 rings (SSSR count). The van der Waals surface area contributed by atoms with E-state index in [1.165, 1.54) is 6.07 Å². The highest BCUT2D eigenvalue weighted by atomic mass is 19.1. The van der Waals surface area contributed by atoms with Crippen LogP contribution in [0, 0.1) is 17.7 Å². The van der Waals surface area contributed by atoms with Crippen LogP contribution in [0.3, 0.4) is 0 Å². The molecule has 2 N–H and O–H groups in total. The van der Waals surface area contributed by atoms with E-state index in [9.17, 15) is 4.39 Å². The number of ether oxygens (including phenoxy) is 2. The lowest BCUT2D eigenvalue weighted by Crippen LogP contribution is -2.12. The minimum atomic E-state index is -0.330. The highest BCUT2D eigenvalue weighted by Gasteiger charge is 2.15. The molecular weight excluding hydrogens is 233 g/mol. The Morgan fingerprint density at radius 1 is 1.50 bits per heavy atom. The molecule has 0 bridgehead atoms. The fourth-order valence-corrected chi connectivity index (χ4v) is 1.76. The minimum Gasteiger partial charge on any atom is -0.379 e. The number of rotatable bonds is 3. The van der Waals surface area contributed by atoms with Crippen LogP contribution in [0.2, 0.25) is 0 Å². The van der Waals surface area contributed by atoms with Crippen LogP contribution in [0.25, 0.3) is 0 Å². The molecule has 0 aliphatic carbocycles. The maximum atomic E-state index is 13.4. The summed E-state index contributed by atoms with van der Waals surface area (Å²) < 4.78 is 24.3. The maximum absolute atomic E-state index is 13.4. The van der Waals surface area contributed by atoms with Crippen molar-refractivity contribution in [1.29, 1.82) is 0 Å². The predicted octanol–water partition coefficient (Wildman–Crippen LogP) is 1.44. The molecule has 1 atom stereocenters. The molecule has 0 saturated carbocycles. The fourth-order valence-electron chi connectivity index (χ4n) is 1.76. The molecule has 1 aromatic carbocycles. The van der Waals surface area contributed by atoms with Gasteiger partial charge < -0.3 is 15.2 Å². The van der Waals surface area contributed by atoms with Crippen LogP contribution in [0.15, 0.2) is 18.2 Å². The van der Waals surface area contributed by atoms with Gasteiger partial charge in [0.15, 0.2) is 0 Å². The van der Waals surface area contributed by atoms with E-state index in [0.717, 1.165) is 18.6 Å². The highest BCUT2D eigenvalue weighted by molar-refractivity contribution is 5.38. The molecule has 1 unspecified atom stereocenters. The summed E-state index contributed by atoms with van der Waals surface area (Å²) in [6.45, 7) is 2.06. The first-order chi connectivity index (χ1) is 8.79. The van der Waals surface area contributed by atoms with Gasteiger partial charge in [0.2, 0.25) is 0 Å². The molecule has 0 amide bonds. The van der Waals surface area contributed by atoms with Crippen LogP contribution in [-0.4, -0.2) is 25.9 Å². The molecule has 1 saturated heterocycles. The molecule has 4 heteroatoms. The molecule has 1 fully saturated rings. The zero-order chi connectivity index (χ0) is 12.8. The topological polar surface area (TPSA) is 44.5 Å². The molecule has 18 heavy (non-hydrogen) atoms. The van der Waals surface area contributed by atoms with Crippen LogP contribution in [-0.2, 0) is 16.1 Å². The van der Waals surface area contributed by atoms with Crippen molar-refractivity contribution in [2.24, 2.45) is 5.73 Å². The Morgan fingerprint density at radius 3 is 3.11 bits per heavy atom. The monoisotopic (exact) mass is 249 g/mol. The number of hydrogen-bond acceptors (Lipinski definition) is 3. The quantitative estimate of drug-likeness (QED) is 0.824. The average Bonchev–Trinajstić information content (AvgIpc) is 2.89. The third kappa shape index (κ3) is 3.54. The SMILES string of the molecule is NCC#Cc1cc(COC2CCOC2)ccc1F. The van der Waals surface area contributed by atoms with Crippen LogP contribution >= 0.6 is 0 Å². The summed E-state index contributed by atoms with van der Waals surface area (Å²) >= 11 is 0. The second-order valence-corrected chi connectivity index (χ2v) is 4.12. The van der Waals surface area contributed by atoms with Gasteiger partial charge in [0.25, 0.3) is 0 Å². The molecule has 0 spiro atoms. The van der Waals surface area contributed by atoms with Crippen molar-refractivity contribution in [3.63, 3.8) is 0 Å². The molecule has 1 aliphatic heterocycles. The van der Waals surface area contributed by atoms with E-state index < -0.39 is 0 Å². The molecule has 1 heterocycles.